The van der Waals surface area contributed by atoms with Crippen LogP contribution in [0.1, 0.15) is 30.7 Å². The van der Waals surface area contributed by atoms with Gasteiger partial charge in [0.2, 0.25) is 5.91 Å². The van der Waals surface area contributed by atoms with E-state index in [0.717, 1.165) is 36.8 Å². The van der Waals surface area contributed by atoms with E-state index >= 15 is 0 Å². The van der Waals surface area contributed by atoms with Crippen LogP contribution in [0.5, 0.6) is 0 Å². The number of benzene rings is 1. The number of carbonyl (C=O) groups excluding carboxylic acids is 1. The lowest BCUT2D eigenvalue weighted by Gasteiger charge is -2.31. The third kappa shape index (κ3) is 2.84. The van der Waals surface area contributed by atoms with Crippen LogP contribution in [0, 0.1) is 5.92 Å². The SMILES string of the molecule is NC1CCCN(C(=O)C2CC2c2ccc(Br)cc2)C1. The van der Waals surface area contributed by atoms with Gasteiger partial charge < -0.3 is 10.6 Å². The first-order valence-corrected chi connectivity index (χ1v) is 7.74. The van der Waals surface area contributed by atoms with Crippen LogP contribution in [0.25, 0.3) is 0 Å². The van der Waals surface area contributed by atoms with Crippen LogP contribution in [-0.2, 0) is 4.79 Å². The molecule has 1 aromatic rings. The van der Waals surface area contributed by atoms with Crippen molar-refractivity contribution in [3.05, 3.63) is 34.3 Å². The highest BCUT2D eigenvalue weighted by Gasteiger charge is 2.46. The van der Waals surface area contributed by atoms with Gasteiger partial charge in [0.1, 0.15) is 0 Å². The van der Waals surface area contributed by atoms with Gasteiger partial charge in [-0.15, -0.1) is 0 Å². The topological polar surface area (TPSA) is 46.3 Å². The first kappa shape index (κ1) is 13.1. The minimum Gasteiger partial charge on any atom is -0.341 e. The molecular weight excluding hydrogens is 304 g/mol. The zero-order valence-electron chi connectivity index (χ0n) is 10.9. The molecule has 1 aromatic carbocycles. The molecule has 1 saturated heterocycles. The number of hydrogen-bond acceptors (Lipinski definition) is 2. The highest BCUT2D eigenvalue weighted by molar-refractivity contribution is 9.10. The molecule has 2 fully saturated rings. The molecule has 2 aliphatic rings. The van der Waals surface area contributed by atoms with Crippen molar-refractivity contribution >= 4 is 21.8 Å². The smallest absolute Gasteiger partial charge is 0.226 e. The van der Waals surface area contributed by atoms with Gasteiger partial charge in [-0.3, -0.25) is 4.79 Å². The molecule has 3 atom stereocenters. The number of nitrogens with zero attached hydrogens (tertiary/aromatic N) is 1. The monoisotopic (exact) mass is 322 g/mol. The van der Waals surface area contributed by atoms with Crippen LogP contribution >= 0.6 is 15.9 Å². The van der Waals surface area contributed by atoms with E-state index in [9.17, 15) is 4.79 Å². The molecule has 1 aliphatic carbocycles. The molecule has 3 unspecified atom stereocenters. The summed E-state index contributed by atoms with van der Waals surface area (Å²) in [6.07, 6.45) is 3.08. The van der Waals surface area contributed by atoms with Crippen molar-refractivity contribution in [2.45, 2.75) is 31.2 Å². The van der Waals surface area contributed by atoms with Crippen LogP contribution in [-0.4, -0.2) is 29.9 Å². The second-order valence-corrected chi connectivity index (χ2v) is 6.60. The van der Waals surface area contributed by atoms with E-state index in [0.29, 0.717) is 11.8 Å². The van der Waals surface area contributed by atoms with Crippen LogP contribution in [0.3, 0.4) is 0 Å². The summed E-state index contributed by atoms with van der Waals surface area (Å²) < 4.78 is 1.08. The van der Waals surface area contributed by atoms with E-state index < -0.39 is 0 Å². The molecule has 1 saturated carbocycles. The summed E-state index contributed by atoms with van der Waals surface area (Å²) in [5.41, 5.74) is 7.23. The fourth-order valence-corrected chi connectivity index (χ4v) is 3.26. The van der Waals surface area contributed by atoms with Crippen LogP contribution < -0.4 is 5.73 Å². The number of halogens is 1. The van der Waals surface area contributed by atoms with Gasteiger partial charge in [-0.25, -0.2) is 0 Å². The lowest BCUT2D eigenvalue weighted by Crippen LogP contribution is -2.46. The number of piperidine rings is 1. The Balaban J connectivity index is 1.62. The molecule has 3 nitrogen and oxygen atoms in total. The second kappa shape index (κ2) is 5.25. The van der Waals surface area contributed by atoms with Crippen molar-refractivity contribution < 1.29 is 4.79 Å². The molecule has 1 aliphatic heterocycles. The van der Waals surface area contributed by atoms with Crippen molar-refractivity contribution in [3.63, 3.8) is 0 Å². The number of rotatable bonds is 2. The molecular formula is C15H19BrN2O. The van der Waals surface area contributed by atoms with E-state index in [1.807, 2.05) is 17.0 Å². The Morgan fingerprint density at radius 3 is 2.74 bits per heavy atom. The van der Waals surface area contributed by atoms with E-state index in [1.54, 1.807) is 0 Å². The molecule has 0 bridgehead atoms. The third-order valence-corrected chi connectivity index (χ3v) is 4.70. The average Bonchev–Trinajstić information content (AvgIpc) is 3.19. The van der Waals surface area contributed by atoms with Gasteiger partial charge >= 0.3 is 0 Å². The van der Waals surface area contributed by atoms with Crippen molar-refractivity contribution in [3.8, 4) is 0 Å². The minimum absolute atomic E-state index is 0.169. The molecule has 1 amide bonds. The maximum absolute atomic E-state index is 12.4. The van der Waals surface area contributed by atoms with Gasteiger partial charge in [0, 0.05) is 29.5 Å². The molecule has 2 N–H and O–H groups in total. The van der Waals surface area contributed by atoms with Crippen molar-refractivity contribution in [1.82, 2.24) is 4.90 Å². The van der Waals surface area contributed by atoms with Crippen LogP contribution in [0.15, 0.2) is 28.7 Å². The van der Waals surface area contributed by atoms with Crippen molar-refractivity contribution in [2.24, 2.45) is 11.7 Å². The standard InChI is InChI=1S/C15H19BrN2O/c16-11-5-3-10(4-6-11)13-8-14(13)15(19)18-7-1-2-12(17)9-18/h3-6,12-14H,1-2,7-9,17H2. The third-order valence-electron chi connectivity index (χ3n) is 4.18. The summed E-state index contributed by atoms with van der Waals surface area (Å²) >= 11 is 3.44. The summed E-state index contributed by atoms with van der Waals surface area (Å²) in [5.74, 6) is 0.910. The Kier molecular flexibility index (Phi) is 3.63. The summed E-state index contributed by atoms with van der Waals surface area (Å²) in [4.78, 5) is 14.4. The average molecular weight is 323 g/mol. The summed E-state index contributed by atoms with van der Waals surface area (Å²) in [6.45, 7) is 1.62. The zero-order valence-corrected chi connectivity index (χ0v) is 12.5. The fourth-order valence-electron chi connectivity index (χ4n) is 2.99. The van der Waals surface area contributed by atoms with E-state index in [-0.39, 0.29) is 12.0 Å². The molecule has 0 radical (unpaired) electrons. The summed E-state index contributed by atoms with van der Waals surface area (Å²) in [6, 6.07) is 8.49. The summed E-state index contributed by atoms with van der Waals surface area (Å²) in [5, 5.41) is 0. The predicted molar refractivity (Wildman–Crippen MR) is 78.8 cm³/mol. The fraction of sp³-hybridized carbons (Fsp3) is 0.533. The van der Waals surface area contributed by atoms with Gasteiger partial charge in [0.05, 0.1) is 0 Å². The number of likely N-dealkylation sites (tertiary alicyclic amines) is 1. The minimum atomic E-state index is 0.169. The zero-order chi connectivity index (χ0) is 13.4. The molecule has 1 heterocycles. The summed E-state index contributed by atoms with van der Waals surface area (Å²) in [7, 11) is 0. The number of amides is 1. The van der Waals surface area contributed by atoms with Crippen LogP contribution in [0.2, 0.25) is 0 Å². The van der Waals surface area contributed by atoms with Crippen LogP contribution in [0.4, 0.5) is 0 Å². The number of hydrogen-bond donors (Lipinski definition) is 1. The molecule has 0 aromatic heterocycles. The normalized spacial score (nSPS) is 30.2. The molecule has 4 heteroatoms. The number of nitrogens with two attached hydrogens (primary N) is 1. The maximum Gasteiger partial charge on any atom is 0.226 e. The van der Waals surface area contributed by atoms with Crippen molar-refractivity contribution in [1.29, 1.82) is 0 Å². The molecule has 0 spiro atoms. The largest absolute Gasteiger partial charge is 0.341 e. The van der Waals surface area contributed by atoms with E-state index in [1.165, 1.54) is 5.56 Å². The molecule has 19 heavy (non-hydrogen) atoms. The van der Waals surface area contributed by atoms with Gasteiger partial charge in [0.25, 0.3) is 0 Å². The Morgan fingerprint density at radius 1 is 1.32 bits per heavy atom. The quantitative estimate of drug-likeness (QED) is 0.909. The van der Waals surface area contributed by atoms with Gasteiger partial charge in [-0.05, 0) is 42.9 Å². The Labute approximate surface area is 122 Å². The number of carbonyl (C=O) groups is 1. The first-order chi connectivity index (χ1) is 9.15. The lowest BCUT2D eigenvalue weighted by atomic mass is 10.0. The van der Waals surface area contributed by atoms with E-state index in [2.05, 4.69) is 28.1 Å². The Hall–Kier alpha value is -0.870. The molecule has 3 rings (SSSR count). The predicted octanol–water partition coefficient (Wildman–Crippen LogP) is 2.50. The lowest BCUT2D eigenvalue weighted by molar-refractivity contribution is -0.133. The van der Waals surface area contributed by atoms with Crippen molar-refractivity contribution in [2.75, 3.05) is 13.1 Å². The highest BCUT2D eigenvalue weighted by atomic mass is 79.9. The second-order valence-electron chi connectivity index (χ2n) is 5.69. The Bertz CT molecular complexity index is 474. The van der Waals surface area contributed by atoms with Gasteiger partial charge in [0.15, 0.2) is 0 Å². The first-order valence-electron chi connectivity index (χ1n) is 6.95. The maximum atomic E-state index is 12.4. The van der Waals surface area contributed by atoms with Gasteiger partial charge in [-0.1, -0.05) is 28.1 Å². The Morgan fingerprint density at radius 2 is 2.05 bits per heavy atom. The van der Waals surface area contributed by atoms with E-state index in [4.69, 9.17) is 5.73 Å². The molecule has 102 valence electrons. The highest BCUT2D eigenvalue weighted by Crippen LogP contribution is 2.48. The van der Waals surface area contributed by atoms with Gasteiger partial charge in [-0.2, -0.15) is 0 Å².